The van der Waals surface area contributed by atoms with Gasteiger partial charge in [-0.05, 0) is 56.3 Å². The number of imide groups is 1. The van der Waals surface area contributed by atoms with Crippen molar-refractivity contribution in [3.05, 3.63) is 30.1 Å². The third-order valence-electron chi connectivity index (χ3n) is 5.17. The van der Waals surface area contributed by atoms with Gasteiger partial charge in [0.15, 0.2) is 0 Å². The van der Waals surface area contributed by atoms with Crippen molar-refractivity contribution in [3.8, 4) is 0 Å². The maximum absolute atomic E-state index is 12.1. The fourth-order valence-corrected chi connectivity index (χ4v) is 3.89. The molecule has 2 aliphatic rings. The van der Waals surface area contributed by atoms with Gasteiger partial charge in [0, 0.05) is 25.2 Å². The first kappa shape index (κ1) is 16.1. The second-order valence-corrected chi connectivity index (χ2v) is 7.10. The summed E-state index contributed by atoms with van der Waals surface area (Å²) in [6.45, 7) is 3.71. The molecule has 7 nitrogen and oxygen atoms in total. The minimum atomic E-state index is -0.372. The molecule has 0 unspecified atom stereocenters. The predicted molar refractivity (Wildman–Crippen MR) is 94.6 cm³/mol. The van der Waals surface area contributed by atoms with Gasteiger partial charge in [0.05, 0.1) is 17.4 Å². The molecule has 25 heavy (non-hydrogen) atoms. The molecule has 2 aromatic heterocycles. The Bertz CT molecular complexity index is 815. The van der Waals surface area contributed by atoms with Crippen LogP contribution in [0, 0.1) is 5.92 Å². The number of nitrogens with zero attached hydrogens (tertiary/aromatic N) is 3. The molecule has 2 aliphatic heterocycles. The van der Waals surface area contributed by atoms with E-state index in [1.54, 1.807) is 15.6 Å². The Balaban J connectivity index is 1.59. The first-order valence-corrected chi connectivity index (χ1v) is 8.91. The van der Waals surface area contributed by atoms with E-state index < -0.39 is 0 Å². The van der Waals surface area contributed by atoms with Gasteiger partial charge in [-0.1, -0.05) is 0 Å². The maximum atomic E-state index is 12.1. The highest BCUT2D eigenvalue weighted by Gasteiger charge is 2.26. The lowest BCUT2D eigenvalue weighted by atomic mass is 9.88. The molecule has 4 heterocycles. The molecule has 2 N–H and O–H groups in total. The molecule has 0 radical (unpaired) electrons. The van der Waals surface area contributed by atoms with Crippen LogP contribution in [0.15, 0.2) is 24.5 Å². The van der Waals surface area contributed by atoms with E-state index in [1.165, 1.54) is 18.4 Å². The van der Waals surface area contributed by atoms with Crippen LogP contribution >= 0.6 is 0 Å². The molecule has 132 valence electrons. The van der Waals surface area contributed by atoms with Crippen LogP contribution in [-0.4, -0.2) is 40.7 Å². The number of hydrogen-bond acceptors (Lipinski definition) is 4. The standard InChI is InChI=1S/C18H23N5O2/c1-12-8-13(2-5-19-12)9-14-3-7-23-15(10-14)16(11-20-23)22-6-4-17(24)21-18(22)25/h3,7,10-13,19H,2,4-6,8-9H2,1H3,(H,21,24,25)/t12-,13+/m0/s1. The van der Waals surface area contributed by atoms with E-state index >= 15 is 0 Å². The smallest absolute Gasteiger partial charge is 0.314 e. The van der Waals surface area contributed by atoms with E-state index in [4.69, 9.17) is 0 Å². The lowest BCUT2D eigenvalue weighted by Gasteiger charge is -2.28. The van der Waals surface area contributed by atoms with Gasteiger partial charge in [-0.3, -0.25) is 15.0 Å². The van der Waals surface area contributed by atoms with Gasteiger partial charge in [-0.15, -0.1) is 0 Å². The molecule has 7 heteroatoms. The lowest BCUT2D eigenvalue weighted by molar-refractivity contribution is -0.120. The average Bonchev–Trinajstić information content (AvgIpc) is 2.98. The number of anilines is 1. The number of amides is 3. The number of carbonyl (C=O) groups excluding carboxylic acids is 2. The van der Waals surface area contributed by atoms with Gasteiger partial charge < -0.3 is 5.32 Å². The molecule has 0 aliphatic carbocycles. The van der Waals surface area contributed by atoms with Crippen LogP contribution in [0.5, 0.6) is 0 Å². The molecule has 4 rings (SSSR count). The Labute approximate surface area is 146 Å². The summed E-state index contributed by atoms with van der Waals surface area (Å²) in [7, 11) is 0. The second-order valence-electron chi connectivity index (χ2n) is 7.10. The fraction of sp³-hybridized carbons (Fsp3) is 0.500. The van der Waals surface area contributed by atoms with Crippen LogP contribution in [-0.2, 0) is 11.2 Å². The molecular weight excluding hydrogens is 318 g/mol. The number of rotatable bonds is 3. The first-order chi connectivity index (χ1) is 12.1. The molecular formula is C18H23N5O2. The van der Waals surface area contributed by atoms with Gasteiger partial charge in [0.2, 0.25) is 5.91 Å². The van der Waals surface area contributed by atoms with E-state index in [0.29, 0.717) is 24.9 Å². The third kappa shape index (κ3) is 3.24. The minimum Gasteiger partial charge on any atom is -0.314 e. The highest BCUT2D eigenvalue weighted by molar-refractivity contribution is 6.07. The SMILES string of the molecule is C[C@H]1C[C@H](Cc2ccn3ncc(N4CCC(=O)NC4=O)c3c2)CCN1. The predicted octanol–water partition coefficient (Wildman–Crippen LogP) is 1.71. The zero-order valence-corrected chi connectivity index (χ0v) is 14.4. The zero-order chi connectivity index (χ0) is 17.4. The largest absolute Gasteiger partial charge is 0.328 e. The Hall–Kier alpha value is -2.41. The van der Waals surface area contributed by atoms with Crippen molar-refractivity contribution >= 4 is 23.1 Å². The molecule has 2 saturated heterocycles. The number of nitrogens with one attached hydrogen (secondary N) is 2. The summed E-state index contributed by atoms with van der Waals surface area (Å²) in [5.74, 6) is 0.458. The van der Waals surface area contributed by atoms with Gasteiger partial charge in [-0.2, -0.15) is 5.10 Å². The summed E-state index contributed by atoms with van der Waals surface area (Å²) in [5, 5.41) is 10.2. The van der Waals surface area contributed by atoms with Gasteiger partial charge >= 0.3 is 6.03 Å². The van der Waals surface area contributed by atoms with Crippen molar-refractivity contribution in [2.45, 2.75) is 38.6 Å². The van der Waals surface area contributed by atoms with Gasteiger partial charge in [0.25, 0.3) is 0 Å². The average molecular weight is 341 g/mol. The highest BCUT2D eigenvalue weighted by Crippen LogP contribution is 2.26. The summed E-state index contributed by atoms with van der Waals surface area (Å²) in [6, 6.07) is 4.43. The van der Waals surface area contributed by atoms with Crippen molar-refractivity contribution in [2.75, 3.05) is 18.0 Å². The number of fused-ring (bicyclic) bond motifs is 1. The third-order valence-corrected chi connectivity index (χ3v) is 5.17. The summed E-state index contributed by atoms with van der Waals surface area (Å²) < 4.78 is 1.79. The molecule has 3 amide bonds. The van der Waals surface area contributed by atoms with Crippen molar-refractivity contribution in [1.29, 1.82) is 0 Å². The van der Waals surface area contributed by atoms with E-state index in [2.05, 4.69) is 34.8 Å². The van der Waals surface area contributed by atoms with Crippen LogP contribution in [0.1, 0.15) is 31.7 Å². The van der Waals surface area contributed by atoms with E-state index in [0.717, 1.165) is 24.2 Å². The maximum Gasteiger partial charge on any atom is 0.328 e. The number of aromatic nitrogens is 2. The normalized spacial score (nSPS) is 24.6. The van der Waals surface area contributed by atoms with Gasteiger partial charge in [-0.25, -0.2) is 9.31 Å². The van der Waals surface area contributed by atoms with Crippen molar-refractivity contribution in [1.82, 2.24) is 20.2 Å². The number of hydrogen-bond donors (Lipinski definition) is 2. The van der Waals surface area contributed by atoms with E-state index in [1.807, 2.05) is 6.20 Å². The number of pyridine rings is 1. The van der Waals surface area contributed by atoms with E-state index in [9.17, 15) is 9.59 Å². The van der Waals surface area contributed by atoms with Crippen LogP contribution in [0.3, 0.4) is 0 Å². The summed E-state index contributed by atoms with van der Waals surface area (Å²) >= 11 is 0. The highest BCUT2D eigenvalue weighted by atomic mass is 16.2. The Kier molecular flexibility index (Phi) is 4.17. The summed E-state index contributed by atoms with van der Waals surface area (Å²) in [5.41, 5.74) is 2.93. The van der Waals surface area contributed by atoms with Crippen LogP contribution in [0.25, 0.3) is 5.52 Å². The minimum absolute atomic E-state index is 0.224. The van der Waals surface area contributed by atoms with Crippen molar-refractivity contribution in [2.24, 2.45) is 5.92 Å². The Morgan fingerprint density at radius 1 is 1.36 bits per heavy atom. The molecule has 0 saturated carbocycles. The molecule has 2 atom stereocenters. The van der Waals surface area contributed by atoms with Crippen molar-refractivity contribution in [3.63, 3.8) is 0 Å². The molecule has 2 aromatic rings. The second kappa shape index (κ2) is 6.48. The monoisotopic (exact) mass is 341 g/mol. The first-order valence-electron chi connectivity index (χ1n) is 8.91. The molecule has 0 spiro atoms. The molecule has 2 fully saturated rings. The van der Waals surface area contributed by atoms with Crippen LogP contribution in [0.2, 0.25) is 0 Å². The number of urea groups is 1. The summed E-state index contributed by atoms with van der Waals surface area (Å²) in [6.07, 6.45) is 7.38. The zero-order valence-electron chi connectivity index (χ0n) is 14.4. The Morgan fingerprint density at radius 3 is 3.04 bits per heavy atom. The molecule has 0 aromatic carbocycles. The fourth-order valence-electron chi connectivity index (χ4n) is 3.89. The lowest BCUT2D eigenvalue weighted by Crippen LogP contribution is -2.49. The van der Waals surface area contributed by atoms with Crippen LogP contribution in [0.4, 0.5) is 10.5 Å². The van der Waals surface area contributed by atoms with E-state index in [-0.39, 0.29) is 11.9 Å². The quantitative estimate of drug-likeness (QED) is 0.891. The topological polar surface area (TPSA) is 78.7 Å². The summed E-state index contributed by atoms with van der Waals surface area (Å²) in [4.78, 5) is 25.1. The van der Waals surface area contributed by atoms with Crippen molar-refractivity contribution < 1.29 is 9.59 Å². The Morgan fingerprint density at radius 2 is 2.24 bits per heavy atom. The van der Waals surface area contributed by atoms with Gasteiger partial charge in [0.1, 0.15) is 0 Å². The number of carbonyl (C=O) groups is 2. The molecule has 0 bridgehead atoms. The van der Waals surface area contributed by atoms with Crippen LogP contribution < -0.4 is 15.5 Å². The number of piperidine rings is 1.